The number of aliphatic carboxylic acids is 1. The average Bonchev–Trinajstić information content (AvgIpc) is 2.36. The van der Waals surface area contributed by atoms with Crippen molar-refractivity contribution >= 4 is 11.9 Å². The molecule has 1 rings (SSSR count). The van der Waals surface area contributed by atoms with Gasteiger partial charge in [0.25, 0.3) is 0 Å². The Bertz CT molecular complexity index is 474. The predicted molar refractivity (Wildman–Crippen MR) is 73.8 cm³/mol. The van der Waals surface area contributed by atoms with Gasteiger partial charge < -0.3 is 10.0 Å². The van der Waals surface area contributed by atoms with Gasteiger partial charge in [0.1, 0.15) is 5.82 Å². The van der Waals surface area contributed by atoms with Crippen molar-refractivity contribution in [3.8, 4) is 0 Å². The van der Waals surface area contributed by atoms with Crippen LogP contribution in [0.2, 0.25) is 0 Å². The molecule has 0 aliphatic rings. The molecule has 0 saturated heterocycles. The molecule has 0 atom stereocenters. The van der Waals surface area contributed by atoms with Crippen LogP contribution in [0.3, 0.4) is 0 Å². The monoisotopic (exact) mass is 281 g/mol. The number of hydrogen-bond acceptors (Lipinski definition) is 2. The number of carbonyl (C=O) groups excluding carboxylic acids is 1. The van der Waals surface area contributed by atoms with Gasteiger partial charge in [0.05, 0.1) is 12.8 Å². The Balaban J connectivity index is 2.72. The van der Waals surface area contributed by atoms with Crippen LogP contribution in [0.5, 0.6) is 0 Å². The molecule has 0 bridgehead atoms. The number of hydrogen-bond donors (Lipinski definition) is 1. The van der Waals surface area contributed by atoms with E-state index in [0.717, 1.165) is 0 Å². The van der Waals surface area contributed by atoms with E-state index in [1.54, 1.807) is 18.2 Å². The molecule has 0 aliphatic carbocycles. The summed E-state index contributed by atoms with van der Waals surface area (Å²) in [5.74, 6) is -1.38. The molecule has 20 heavy (non-hydrogen) atoms. The molecule has 5 heteroatoms. The van der Waals surface area contributed by atoms with E-state index < -0.39 is 11.8 Å². The first-order valence-corrected chi connectivity index (χ1v) is 6.63. The molecule has 1 aromatic carbocycles. The minimum absolute atomic E-state index is 0.0426. The molecule has 1 aromatic rings. The normalized spacial score (nSPS) is 10.6. The summed E-state index contributed by atoms with van der Waals surface area (Å²) >= 11 is 0. The minimum Gasteiger partial charge on any atom is -0.481 e. The van der Waals surface area contributed by atoms with Crippen molar-refractivity contribution in [3.63, 3.8) is 0 Å². The van der Waals surface area contributed by atoms with Crippen molar-refractivity contribution in [3.05, 3.63) is 35.6 Å². The fraction of sp³-hybridized carbons (Fsp3) is 0.467. The molecule has 0 spiro atoms. The molecule has 0 saturated carbocycles. The van der Waals surface area contributed by atoms with Crippen LogP contribution in [0.25, 0.3) is 0 Å². The highest BCUT2D eigenvalue weighted by Gasteiger charge is 2.17. The van der Waals surface area contributed by atoms with Gasteiger partial charge in [0, 0.05) is 13.1 Å². The highest BCUT2D eigenvalue weighted by molar-refractivity contribution is 5.79. The van der Waals surface area contributed by atoms with E-state index >= 15 is 0 Å². The second kappa shape index (κ2) is 7.62. The van der Waals surface area contributed by atoms with Crippen LogP contribution in [0.1, 0.15) is 25.8 Å². The van der Waals surface area contributed by atoms with E-state index in [-0.39, 0.29) is 31.2 Å². The maximum absolute atomic E-state index is 13.5. The largest absolute Gasteiger partial charge is 0.481 e. The Labute approximate surface area is 118 Å². The first-order chi connectivity index (χ1) is 9.40. The van der Waals surface area contributed by atoms with Gasteiger partial charge in [-0.05, 0) is 17.5 Å². The highest BCUT2D eigenvalue weighted by Crippen LogP contribution is 2.10. The van der Waals surface area contributed by atoms with Gasteiger partial charge in [-0.25, -0.2) is 4.39 Å². The number of amides is 1. The molecule has 1 amide bonds. The van der Waals surface area contributed by atoms with Gasteiger partial charge in [-0.3, -0.25) is 9.59 Å². The van der Waals surface area contributed by atoms with Crippen molar-refractivity contribution in [2.45, 2.75) is 26.7 Å². The van der Waals surface area contributed by atoms with Gasteiger partial charge in [-0.2, -0.15) is 0 Å². The van der Waals surface area contributed by atoms with Crippen LogP contribution < -0.4 is 0 Å². The fourth-order valence-electron chi connectivity index (χ4n) is 1.91. The topological polar surface area (TPSA) is 57.6 Å². The molecule has 0 aliphatic heterocycles. The average molecular weight is 281 g/mol. The van der Waals surface area contributed by atoms with Crippen molar-refractivity contribution in [2.75, 3.05) is 13.1 Å². The van der Waals surface area contributed by atoms with E-state index in [1.807, 2.05) is 13.8 Å². The summed E-state index contributed by atoms with van der Waals surface area (Å²) < 4.78 is 13.5. The molecular weight excluding hydrogens is 261 g/mol. The molecule has 110 valence electrons. The van der Waals surface area contributed by atoms with Crippen LogP contribution >= 0.6 is 0 Å². The zero-order valence-corrected chi connectivity index (χ0v) is 11.8. The first-order valence-electron chi connectivity index (χ1n) is 6.63. The minimum atomic E-state index is -0.947. The lowest BCUT2D eigenvalue weighted by Crippen LogP contribution is -2.37. The SMILES string of the molecule is CC(C)CN(CCC(=O)O)C(=O)Cc1ccccc1F. The Kier molecular flexibility index (Phi) is 6.15. The van der Waals surface area contributed by atoms with E-state index in [9.17, 15) is 14.0 Å². The van der Waals surface area contributed by atoms with Gasteiger partial charge >= 0.3 is 5.97 Å². The fourth-order valence-corrected chi connectivity index (χ4v) is 1.91. The lowest BCUT2D eigenvalue weighted by Gasteiger charge is -2.24. The highest BCUT2D eigenvalue weighted by atomic mass is 19.1. The standard InChI is InChI=1S/C15H20FNO3/c1-11(2)10-17(8-7-15(19)20)14(18)9-12-5-3-4-6-13(12)16/h3-6,11H,7-10H2,1-2H3,(H,19,20). The molecule has 4 nitrogen and oxygen atoms in total. The number of halogens is 1. The van der Waals surface area contributed by atoms with Crippen molar-refractivity contribution in [1.29, 1.82) is 0 Å². The number of carboxylic acids is 1. The summed E-state index contributed by atoms with van der Waals surface area (Å²) in [5, 5.41) is 8.71. The first kappa shape index (κ1) is 16.1. The van der Waals surface area contributed by atoms with Crippen LogP contribution in [0.4, 0.5) is 4.39 Å². The Morgan fingerprint density at radius 3 is 2.50 bits per heavy atom. The lowest BCUT2D eigenvalue weighted by atomic mass is 10.1. The molecule has 0 heterocycles. The van der Waals surface area contributed by atoms with Gasteiger partial charge in [0.2, 0.25) is 5.91 Å². The van der Waals surface area contributed by atoms with Crippen LogP contribution in [-0.2, 0) is 16.0 Å². The van der Waals surface area contributed by atoms with Gasteiger partial charge in [-0.15, -0.1) is 0 Å². The number of carboxylic acid groups (broad SMARTS) is 1. The van der Waals surface area contributed by atoms with Crippen LogP contribution in [-0.4, -0.2) is 35.0 Å². The van der Waals surface area contributed by atoms with Crippen molar-refractivity contribution in [2.24, 2.45) is 5.92 Å². The lowest BCUT2D eigenvalue weighted by molar-refractivity contribution is -0.138. The molecule has 0 unspecified atom stereocenters. The van der Waals surface area contributed by atoms with Gasteiger partial charge in [0.15, 0.2) is 0 Å². The van der Waals surface area contributed by atoms with Crippen LogP contribution in [0, 0.1) is 11.7 Å². The zero-order chi connectivity index (χ0) is 15.1. The molecule has 0 aromatic heterocycles. The zero-order valence-electron chi connectivity index (χ0n) is 11.8. The quantitative estimate of drug-likeness (QED) is 0.834. The van der Waals surface area contributed by atoms with Crippen LogP contribution in [0.15, 0.2) is 24.3 Å². The van der Waals surface area contributed by atoms with E-state index in [2.05, 4.69) is 0 Å². The van der Waals surface area contributed by atoms with Gasteiger partial charge in [-0.1, -0.05) is 32.0 Å². The molecule has 1 N–H and O–H groups in total. The Hall–Kier alpha value is -1.91. The maximum Gasteiger partial charge on any atom is 0.305 e. The van der Waals surface area contributed by atoms with E-state index in [4.69, 9.17) is 5.11 Å². The molecule has 0 fully saturated rings. The van der Waals surface area contributed by atoms with Crippen molar-refractivity contribution in [1.82, 2.24) is 4.90 Å². The summed E-state index contributed by atoms with van der Waals surface area (Å²) in [7, 11) is 0. The maximum atomic E-state index is 13.5. The summed E-state index contributed by atoms with van der Waals surface area (Å²) in [6.45, 7) is 4.52. The van der Waals surface area contributed by atoms with E-state index in [0.29, 0.717) is 12.1 Å². The second-order valence-corrected chi connectivity index (χ2v) is 5.15. The van der Waals surface area contributed by atoms with E-state index in [1.165, 1.54) is 11.0 Å². The molecule has 0 radical (unpaired) electrons. The number of carbonyl (C=O) groups is 2. The Morgan fingerprint density at radius 1 is 1.30 bits per heavy atom. The molecular formula is C15H20FNO3. The summed E-state index contributed by atoms with van der Waals surface area (Å²) in [6.07, 6.45) is -0.144. The smallest absolute Gasteiger partial charge is 0.305 e. The summed E-state index contributed by atoms with van der Waals surface area (Å²) in [4.78, 5) is 24.3. The number of rotatable bonds is 7. The summed E-state index contributed by atoms with van der Waals surface area (Å²) in [6, 6.07) is 6.12. The van der Waals surface area contributed by atoms with Crippen molar-refractivity contribution < 1.29 is 19.1 Å². The number of benzene rings is 1. The third-order valence-electron chi connectivity index (χ3n) is 2.83. The number of nitrogens with zero attached hydrogens (tertiary/aromatic N) is 1. The predicted octanol–water partition coefficient (Wildman–Crippen LogP) is 2.33. The Morgan fingerprint density at radius 2 is 1.95 bits per heavy atom. The summed E-state index contributed by atoms with van der Waals surface area (Å²) in [5.41, 5.74) is 0.335. The second-order valence-electron chi connectivity index (χ2n) is 5.15. The third-order valence-corrected chi connectivity index (χ3v) is 2.83. The third kappa shape index (κ3) is 5.38.